The molecule has 6 heteroatoms. The van der Waals surface area contributed by atoms with Crippen molar-refractivity contribution in [3.05, 3.63) is 83.4 Å². The molecular weight excluding hydrogens is 396 g/mol. The van der Waals surface area contributed by atoms with Gasteiger partial charge in [-0.1, -0.05) is 49.4 Å². The Morgan fingerprint density at radius 2 is 1.68 bits per heavy atom. The zero-order valence-electron chi connectivity index (χ0n) is 17.5. The second-order valence-electron chi connectivity index (χ2n) is 7.17. The largest absolute Gasteiger partial charge is 0.489 e. The Hall–Kier alpha value is -3.67. The minimum absolute atomic E-state index is 0.00896. The van der Waals surface area contributed by atoms with Crippen molar-refractivity contribution >= 4 is 5.97 Å². The van der Waals surface area contributed by atoms with Crippen LogP contribution >= 0.6 is 0 Å². The molecule has 0 amide bonds. The van der Waals surface area contributed by atoms with Crippen LogP contribution in [-0.2, 0) is 16.1 Å². The highest BCUT2D eigenvalue weighted by atomic mass is 16.7. The van der Waals surface area contributed by atoms with Crippen LogP contribution in [0.3, 0.4) is 0 Å². The van der Waals surface area contributed by atoms with Crippen LogP contribution in [0.2, 0.25) is 0 Å². The molecule has 0 aliphatic carbocycles. The third-order valence-corrected chi connectivity index (χ3v) is 5.17. The van der Waals surface area contributed by atoms with Crippen LogP contribution in [0.15, 0.2) is 66.7 Å². The van der Waals surface area contributed by atoms with Crippen molar-refractivity contribution in [1.29, 1.82) is 0 Å². The molecular formula is C25H24O6. The lowest BCUT2D eigenvalue weighted by Gasteiger charge is -2.18. The first-order valence-corrected chi connectivity index (χ1v) is 10.0. The van der Waals surface area contributed by atoms with E-state index < -0.39 is 5.97 Å². The van der Waals surface area contributed by atoms with Gasteiger partial charge < -0.3 is 23.7 Å². The molecule has 0 saturated carbocycles. The maximum atomic E-state index is 11.6. The summed E-state index contributed by atoms with van der Waals surface area (Å²) in [6, 6.07) is 21.7. The van der Waals surface area contributed by atoms with Crippen LogP contribution in [0.4, 0.5) is 0 Å². The molecule has 1 aliphatic heterocycles. The van der Waals surface area contributed by atoms with Gasteiger partial charge in [0, 0.05) is 17.5 Å². The van der Waals surface area contributed by atoms with Crippen LogP contribution < -0.4 is 18.9 Å². The molecule has 0 fully saturated rings. The Morgan fingerprint density at radius 1 is 0.968 bits per heavy atom. The molecule has 0 bridgehead atoms. The molecule has 0 spiro atoms. The van der Waals surface area contributed by atoms with Gasteiger partial charge in [0.15, 0.2) is 18.1 Å². The van der Waals surface area contributed by atoms with Crippen LogP contribution in [0.5, 0.6) is 23.0 Å². The molecule has 31 heavy (non-hydrogen) atoms. The Kier molecular flexibility index (Phi) is 6.26. The van der Waals surface area contributed by atoms with Crippen LogP contribution in [0.1, 0.15) is 29.5 Å². The van der Waals surface area contributed by atoms with Crippen molar-refractivity contribution < 1.29 is 28.5 Å². The topological polar surface area (TPSA) is 63.2 Å². The summed E-state index contributed by atoms with van der Waals surface area (Å²) in [5.74, 6) is 2.16. The predicted octanol–water partition coefficient (Wildman–Crippen LogP) is 4.70. The number of methoxy groups -OCH3 is 1. The van der Waals surface area contributed by atoms with Gasteiger partial charge in [-0.25, -0.2) is 4.79 Å². The first-order valence-electron chi connectivity index (χ1n) is 10.0. The Balaban J connectivity index is 1.51. The number of esters is 1. The second kappa shape index (κ2) is 9.43. The van der Waals surface area contributed by atoms with E-state index in [4.69, 9.17) is 18.9 Å². The zero-order chi connectivity index (χ0) is 21.6. The highest BCUT2D eigenvalue weighted by Gasteiger charge is 2.22. The van der Waals surface area contributed by atoms with E-state index in [2.05, 4.69) is 11.7 Å². The molecule has 0 N–H and O–H groups in total. The SMILES string of the molecule is COC(=O)COc1cc2c(cc1C(C)c1ccc(OCc3ccccc3)cc1)OCO2. The fourth-order valence-corrected chi connectivity index (χ4v) is 3.37. The summed E-state index contributed by atoms with van der Waals surface area (Å²) >= 11 is 0. The van der Waals surface area contributed by atoms with Crippen LogP contribution in [0.25, 0.3) is 0 Å². The fourth-order valence-electron chi connectivity index (χ4n) is 3.37. The van der Waals surface area contributed by atoms with Crippen LogP contribution in [0, 0.1) is 0 Å². The minimum atomic E-state index is -0.448. The first-order chi connectivity index (χ1) is 15.1. The monoisotopic (exact) mass is 420 g/mol. The number of fused-ring (bicyclic) bond motifs is 1. The van der Waals surface area contributed by atoms with E-state index in [1.54, 1.807) is 6.07 Å². The average molecular weight is 420 g/mol. The summed E-state index contributed by atoms with van der Waals surface area (Å²) in [4.78, 5) is 11.6. The van der Waals surface area contributed by atoms with Crippen molar-refractivity contribution in [2.75, 3.05) is 20.5 Å². The number of benzene rings is 3. The summed E-state index contributed by atoms with van der Waals surface area (Å²) in [5, 5.41) is 0. The van der Waals surface area contributed by atoms with E-state index in [-0.39, 0.29) is 19.3 Å². The van der Waals surface area contributed by atoms with Gasteiger partial charge in [0.05, 0.1) is 7.11 Å². The van der Waals surface area contributed by atoms with Crippen molar-refractivity contribution in [3.63, 3.8) is 0 Å². The predicted molar refractivity (Wildman–Crippen MR) is 115 cm³/mol. The van der Waals surface area contributed by atoms with Gasteiger partial charge in [0.1, 0.15) is 18.1 Å². The number of hydrogen-bond donors (Lipinski definition) is 0. The molecule has 0 aromatic heterocycles. The third kappa shape index (κ3) is 4.91. The molecule has 3 aromatic carbocycles. The molecule has 4 rings (SSSR count). The average Bonchev–Trinajstić information content (AvgIpc) is 3.28. The van der Waals surface area contributed by atoms with E-state index in [9.17, 15) is 4.79 Å². The van der Waals surface area contributed by atoms with Gasteiger partial charge in [-0.05, 0) is 29.3 Å². The third-order valence-electron chi connectivity index (χ3n) is 5.17. The van der Waals surface area contributed by atoms with Gasteiger partial charge in [0.2, 0.25) is 6.79 Å². The summed E-state index contributed by atoms with van der Waals surface area (Å²) in [6.45, 7) is 2.57. The lowest BCUT2D eigenvalue weighted by atomic mass is 9.92. The molecule has 0 radical (unpaired) electrons. The van der Waals surface area contributed by atoms with Gasteiger partial charge in [-0.3, -0.25) is 0 Å². The van der Waals surface area contributed by atoms with E-state index in [1.165, 1.54) is 7.11 Å². The zero-order valence-corrected chi connectivity index (χ0v) is 17.5. The molecule has 6 nitrogen and oxygen atoms in total. The van der Waals surface area contributed by atoms with Crippen molar-refractivity contribution in [2.24, 2.45) is 0 Å². The quantitative estimate of drug-likeness (QED) is 0.493. The molecule has 1 atom stereocenters. The Bertz CT molecular complexity index is 1030. The highest BCUT2D eigenvalue weighted by Crippen LogP contribution is 2.42. The lowest BCUT2D eigenvalue weighted by Crippen LogP contribution is -2.14. The molecule has 0 saturated heterocycles. The molecule has 1 aliphatic rings. The molecule has 160 valence electrons. The smallest absolute Gasteiger partial charge is 0.343 e. The number of carbonyl (C=O) groups excluding carboxylic acids is 1. The maximum Gasteiger partial charge on any atom is 0.343 e. The maximum absolute atomic E-state index is 11.6. The van der Waals surface area contributed by atoms with Crippen molar-refractivity contribution in [1.82, 2.24) is 0 Å². The Morgan fingerprint density at radius 3 is 2.39 bits per heavy atom. The van der Waals surface area contributed by atoms with Gasteiger partial charge in [0.25, 0.3) is 0 Å². The van der Waals surface area contributed by atoms with Crippen LogP contribution in [-0.4, -0.2) is 26.5 Å². The summed E-state index contributed by atoms with van der Waals surface area (Å²) < 4.78 is 27.3. The molecule has 1 unspecified atom stereocenters. The number of carbonyl (C=O) groups is 1. The molecule has 3 aromatic rings. The second-order valence-corrected chi connectivity index (χ2v) is 7.17. The lowest BCUT2D eigenvalue weighted by molar-refractivity contribution is -0.142. The number of hydrogen-bond acceptors (Lipinski definition) is 6. The van der Waals surface area contributed by atoms with Crippen molar-refractivity contribution in [2.45, 2.75) is 19.4 Å². The van der Waals surface area contributed by atoms with E-state index >= 15 is 0 Å². The highest BCUT2D eigenvalue weighted by molar-refractivity contribution is 5.71. The summed E-state index contributed by atoms with van der Waals surface area (Å²) in [5.41, 5.74) is 3.09. The standard InChI is InChI=1S/C25H24O6/c1-17(19-8-10-20(11-9-19)28-14-18-6-4-3-5-7-18)21-12-23-24(31-16-30-23)13-22(21)29-15-25(26)27-2/h3-13,17H,14-16H2,1-2H3. The van der Waals surface area contributed by atoms with Crippen molar-refractivity contribution in [3.8, 4) is 23.0 Å². The number of rotatable bonds is 8. The van der Waals surface area contributed by atoms with Gasteiger partial charge >= 0.3 is 5.97 Å². The molecule has 1 heterocycles. The van der Waals surface area contributed by atoms with E-state index in [0.717, 1.165) is 22.4 Å². The van der Waals surface area contributed by atoms with Gasteiger partial charge in [-0.2, -0.15) is 0 Å². The summed E-state index contributed by atoms with van der Waals surface area (Å²) in [7, 11) is 1.33. The fraction of sp³-hybridized carbons (Fsp3) is 0.240. The van der Waals surface area contributed by atoms with E-state index in [0.29, 0.717) is 23.9 Å². The Labute approximate surface area is 181 Å². The van der Waals surface area contributed by atoms with E-state index in [1.807, 2.05) is 60.7 Å². The summed E-state index contributed by atoms with van der Waals surface area (Å²) in [6.07, 6.45) is 0. The normalized spacial score (nSPS) is 12.8. The minimum Gasteiger partial charge on any atom is -0.489 e. The number of ether oxygens (including phenoxy) is 5. The van der Waals surface area contributed by atoms with Gasteiger partial charge in [-0.15, -0.1) is 0 Å². The first kappa shape index (κ1) is 20.6.